The topological polar surface area (TPSA) is 83.6 Å². The monoisotopic (exact) mass is 385 g/mol. The van der Waals surface area contributed by atoms with Crippen molar-refractivity contribution in [2.75, 3.05) is 5.32 Å². The highest BCUT2D eigenvalue weighted by atomic mass is 35.5. The number of nitriles is 1. The Kier molecular flexibility index (Phi) is 3.79. The van der Waals surface area contributed by atoms with Crippen molar-refractivity contribution in [1.82, 2.24) is 14.8 Å². The molecule has 0 aromatic carbocycles. The molecule has 1 N–H and O–H groups in total. The number of nitrogens with zero attached hydrogens (tertiary/aromatic N) is 4. The van der Waals surface area contributed by atoms with Gasteiger partial charge in [-0.25, -0.2) is 4.98 Å². The van der Waals surface area contributed by atoms with Gasteiger partial charge in [0.2, 0.25) is 0 Å². The normalized spacial score (nSPS) is 15.0. The zero-order chi connectivity index (χ0) is 18.6. The SMILES string of the molecule is Cn1ncc2cc(C(=O)Nc3sc4c(c3C#N)C(C)(C)CC4)c(Cl)nc21. The molecule has 0 spiro atoms. The van der Waals surface area contributed by atoms with Crippen LogP contribution >= 0.6 is 22.9 Å². The number of pyridine rings is 1. The number of anilines is 1. The number of hydrogen-bond donors (Lipinski definition) is 1. The minimum Gasteiger partial charge on any atom is -0.312 e. The maximum Gasteiger partial charge on any atom is 0.259 e. The number of nitrogens with one attached hydrogen (secondary N) is 1. The van der Waals surface area contributed by atoms with E-state index in [1.165, 1.54) is 16.2 Å². The van der Waals surface area contributed by atoms with E-state index in [0.717, 1.165) is 23.8 Å². The number of carbonyl (C=O) groups excluding carboxylic acids is 1. The number of thiophene rings is 1. The summed E-state index contributed by atoms with van der Waals surface area (Å²) in [7, 11) is 1.76. The first kappa shape index (κ1) is 17.0. The molecular formula is C18H16ClN5OS. The molecule has 0 radical (unpaired) electrons. The van der Waals surface area contributed by atoms with Gasteiger partial charge in [-0.05, 0) is 29.9 Å². The van der Waals surface area contributed by atoms with Crippen molar-refractivity contribution in [3.63, 3.8) is 0 Å². The molecule has 3 heterocycles. The van der Waals surface area contributed by atoms with Crippen molar-refractivity contribution in [2.24, 2.45) is 7.05 Å². The minimum absolute atomic E-state index is 0.0479. The van der Waals surface area contributed by atoms with Crippen molar-refractivity contribution in [3.05, 3.63) is 39.0 Å². The van der Waals surface area contributed by atoms with E-state index < -0.39 is 0 Å². The van der Waals surface area contributed by atoms with Gasteiger partial charge in [-0.2, -0.15) is 10.4 Å². The summed E-state index contributed by atoms with van der Waals surface area (Å²) in [6.45, 7) is 4.27. The van der Waals surface area contributed by atoms with Crippen LogP contribution in [0.4, 0.5) is 5.00 Å². The fourth-order valence-corrected chi connectivity index (χ4v) is 5.05. The van der Waals surface area contributed by atoms with Gasteiger partial charge in [0.25, 0.3) is 5.91 Å². The van der Waals surface area contributed by atoms with Crippen molar-refractivity contribution >= 4 is 44.9 Å². The highest BCUT2D eigenvalue weighted by Crippen LogP contribution is 2.47. The maximum absolute atomic E-state index is 12.8. The van der Waals surface area contributed by atoms with Crippen LogP contribution in [0.5, 0.6) is 0 Å². The van der Waals surface area contributed by atoms with Crippen LogP contribution in [0.3, 0.4) is 0 Å². The zero-order valence-electron chi connectivity index (χ0n) is 14.6. The Balaban J connectivity index is 1.72. The second-order valence-electron chi connectivity index (χ2n) is 7.06. The van der Waals surface area contributed by atoms with Gasteiger partial charge in [-0.15, -0.1) is 11.3 Å². The van der Waals surface area contributed by atoms with Gasteiger partial charge in [-0.1, -0.05) is 25.4 Å². The first-order valence-electron chi connectivity index (χ1n) is 8.17. The molecule has 0 fully saturated rings. The van der Waals surface area contributed by atoms with Gasteiger partial charge in [0.15, 0.2) is 5.65 Å². The Bertz CT molecular complexity index is 1110. The van der Waals surface area contributed by atoms with E-state index >= 15 is 0 Å². The minimum atomic E-state index is -0.373. The predicted octanol–water partition coefficient (Wildman–Crippen LogP) is 4.03. The van der Waals surface area contributed by atoms with Gasteiger partial charge in [0, 0.05) is 17.3 Å². The smallest absolute Gasteiger partial charge is 0.259 e. The molecule has 8 heteroatoms. The largest absolute Gasteiger partial charge is 0.312 e. The predicted molar refractivity (Wildman–Crippen MR) is 102 cm³/mol. The Morgan fingerprint density at radius 3 is 3.00 bits per heavy atom. The average molecular weight is 386 g/mol. The number of halogens is 1. The number of aryl methyl sites for hydroxylation is 2. The second-order valence-corrected chi connectivity index (χ2v) is 8.53. The van der Waals surface area contributed by atoms with Gasteiger partial charge in [0.1, 0.15) is 16.2 Å². The van der Waals surface area contributed by atoms with Crippen LogP contribution in [0.1, 0.15) is 46.6 Å². The van der Waals surface area contributed by atoms with Crippen LogP contribution in [0.25, 0.3) is 11.0 Å². The lowest BCUT2D eigenvalue weighted by molar-refractivity contribution is 0.102. The van der Waals surface area contributed by atoms with Crippen LogP contribution in [0.15, 0.2) is 12.3 Å². The standard InChI is InChI=1S/C18H16ClN5OS/c1-18(2)5-4-12-13(18)11(7-20)17(26-12)23-16(25)10-6-9-8-21-24(3)15(9)22-14(10)19/h6,8H,4-5H2,1-3H3,(H,23,25). The third-order valence-corrected chi connectivity index (χ3v) is 6.33. The number of fused-ring (bicyclic) bond motifs is 2. The zero-order valence-corrected chi connectivity index (χ0v) is 16.1. The van der Waals surface area contributed by atoms with Gasteiger partial charge < -0.3 is 5.32 Å². The van der Waals surface area contributed by atoms with Crippen LogP contribution < -0.4 is 5.32 Å². The quantitative estimate of drug-likeness (QED) is 0.675. The van der Waals surface area contributed by atoms with Gasteiger partial charge >= 0.3 is 0 Å². The van der Waals surface area contributed by atoms with Crippen LogP contribution in [0, 0.1) is 11.3 Å². The van der Waals surface area contributed by atoms with E-state index in [9.17, 15) is 10.1 Å². The summed E-state index contributed by atoms with van der Waals surface area (Å²) in [5.41, 5.74) is 2.46. The molecular weight excluding hydrogens is 370 g/mol. The van der Waals surface area contributed by atoms with E-state index in [1.807, 2.05) is 0 Å². The fraction of sp³-hybridized carbons (Fsp3) is 0.333. The van der Waals surface area contributed by atoms with E-state index in [-0.39, 0.29) is 22.0 Å². The third kappa shape index (κ3) is 2.49. The number of rotatable bonds is 2. The molecule has 26 heavy (non-hydrogen) atoms. The van der Waals surface area contributed by atoms with Crippen molar-refractivity contribution in [3.8, 4) is 6.07 Å². The van der Waals surface area contributed by atoms with E-state index in [4.69, 9.17) is 11.6 Å². The molecule has 1 amide bonds. The maximum atomic E-state index is 12.8. The Hall–Kier alpha value is -2.43. The van der Waals surface area contributed by atoms with Crippen LogP contribution in [0.2, 0.25) is 5.15 Å². The van der Waals surface area contributed by atoms with E-state index in [1.54, 1.807) is 24.0 Å². The van der Waals surface area contributed by atoms with Gasteiger partial charge in [0.05, 0.1) is 17.3 Å². The van der Waals surface area contributed by atoms with Crippen molar-refractivity contribution in [1.29, 1.82) is 5.26 Å². The van der Waals surface area contributed by atoms with Gasteiger partial charge in [-0.3, -0.25) is 9.48 Å². The molecule has 0 aliphatic heterocycles. The lowest BCUT2D eigenvalue weighted by atomic mass is 9.85. The van der Waals surface area contributed by atoms with Crippen molar-refractivity contribution in [2.45, 2.75) is 32.1 Å². The molecule has 0 saturated heterocycles. The molecule has 3 aromatic heterocycles. The molecule has 6 nitrogen and oxygen atoms in total. The van der Waals surface area contributed by atoms with Crippen LogP contribution in [-0.4, -0.2) is 20.7 Å². The second kappa shape index (κ2) is 5.79. The first-order chi connectivity index (χ1) is 12.3. The molecule has 0 bridgehead atoms. The number of carbonyl (C=O) groups is 1. The summed E-state index contributed by atoms with van der Waals surface area (Å²) in [4.78, 5) is 18.2. The molecule has 1 aliphatic rings. The first-order valence-corrected chi connectivity index (χ1v) is 9.37. The summed E-state index contributed by atoms with van der Waals surface area (Å²) >= 11 is 7.69. The molecule has 4 rings (SSSR count). The summed E-state index contributed by atoms with van der Waals surface area (Å²) in [6.07, 6.45) is 3.59. The molecule has 3 aromatic rings. The number of hydrogen-bond acceptors (Lipinski definition) is 5. The molecule has 0 saturated carbocycles. The summed E-state index contributed by atoms with van der Waals surface area (Å²) in [5.74, 6) is -0.373. The molecule has 132 valence electrons. The summed E-state index contributed by atoms with van der Waals surface area (Å²) in [5, 5.41) is 18.1. The van der Waals surface area contributed by atoms with Crippen molar-refractivity contribution < 1.29 is 4.79 Å². The molecule has 0 unspecified atom stereocenters. The molecule has 0 atom stereocenters. The Labute approximate surface area is 159 Å². The molecule has 1 aliphatic carbocycles. The Morgan fingerprint density at radius 2 is 2.27 bits per heavy atom. The summed E-state index contributed by atoms with van der Waals surface area (Å²) in [6, 6.07) is 3.94. The highest BCUT2D eigenvalue weighted by Gasteiger charge is 2.36. The lowest BCUT2D eigenvalue weighted by Gasteiger charge is -2.18. The van der Waals surface area contributed by atoms with E-state index in [0.29, 0.717) is 16.2 Å². The fourth-order valence-electron chi connectivity index (χ4n) is 3.50. The van der Waals surface area contributed by atoms with Crippen LogP contribution in [-0.2, 0) is 18.9 Å². The number of amides is 1. The van der Waals surface area contributed by atoms with E-state index in [2.05, 4.69) is 35.3 Å². The average Bonchev–Trinajstić information content (AvgIpc) is 3.21. The Morgan fingerprint density at radius 1 is 1.50 bits per heavy atom. The highest BCUT2D eigenvalue weighted by molar-refractivity contribution is 7.16. The summed E-state index contributed by atoms with van der Waals surface area (Å²) < 4.78 is 1.60. The third-order valence-electron chi connectivity index (χ3n) is 4.88. The number of aromatic nitrogens is 3. The lowest BCUT2D eigenvalue weighted by Crippen LogP contribution is -2.16.